The molecule has 2 aromatic rings. The average molecular weight is 210 g/mol. The van der Waals surface area contributed by atoms with Crippen molar-refractivity contribution in [3.05, 3.63) is 24.4 Å². The molecule has 0 bridgehead atoms. The number of amides is 1. The standard InChI is InChI=1S/C9H8ClN3O/c1-6(14)13(10)8-2-3-9-7(4-8)5-11-12-9/h2-5H,1H3,(H,11,12). The number of carbonyl (C=O) groups excluding carboxylic acids is 1. The van der Waals surface area contributed by atoms with E-state index in [1.807, 2.05) is 6.07 Å². The molecule has 0 saturated heterocycles. The van der Waals surface area contributed by atoms with Crippen LogP contribution in [0.3, 0.4) is 0 Å². The molecule has 0 radical (unpaired) electrons. The van der Waals surface area contributed by atoms with Gasteiger partial charge in [-0.15, -0.1) is 0 Å². The van der Waals surface area contributed by atoms with E-state index in [0.717, 1.165) is 15.3 Å². The van der Waals surface area contributed by atoms with Gasteiger partial charge in [0.25, 0.3) is 0 Å². The Bertz CT molecular complexity index is 480. The number of carbonyl (C=O) groups is 1. The van der Waals surface area contributed by atoms with E-state index in [1.54, 1.807) is 18.3 Å². The van der Waals surface area contributed by atoms with E-state index < -0.39 is 0 Å². The molecule has 1 N–H and O–H groups in total. The SMILES string of the molecule is CC(=O)N(Cl)c1ccc2[nH]ncc2c1. The van der Waals surface area contributed by atoms with Crippen LogP contribution in [0.25, 0.3) is 10.9 Å². The summed E-state index contributed by atoms with van der Waals surface area (Å²) in [6.07, 6.45) is 1.68. The Morgan fingerprint density at radius 2 is 2.36 bits per heavy atom. The summed E-state index contributed by atoms with van der Waals surface area (Å²) in [7, 11) is 0. The lowest BCUT2D eigenvalue weighted by Crippen LogP contribution is -2.16. The summed E-state index contributed by atoms with van der Waals surface area (Å²) in [6.45, 7) is 1.41. The van der Waals surface area contributed by atoms with Crippen LogP contribution in [0.15, 0.2) is 24.4 Å². The summed E-state index contributed by atoms with van der Waals surface area (Å²) in [5.41, 5.74) is 1.57. The molecule has 72 valence electrons. The highest BCUT2D eigenvalue weighted by atomic mass is 35.5. The van der Waals surface area contributed by atoms with Crippen molar-refractivity contribution in [1.29, 1.82) is 0 Å². The molecule has 0 aliphatic rings. The van der Waals surface area contributed by atoms with Crippen LogP contribution < -0.4 is 4.42 Å². The number of hydrogen-bond acceptors (Lipinski definition) is 2. The molecule has 0 fully saturated rings. The molecule has 1 aromatic carbocycles. The van der Waals surface area contributed by atoms with Crippen molar-refractivity contribution in [1.82, 2.24) is 10.2 Å². The van der Waals surface area contributed by atoms with Crippen molar-refractivity contribution in [3.63, 3.8) is 0 Å². The molecule has 2 rings (SSSR count). The van der Waals surface area contributed by atoms with Crippen LogP contribution in [0.2, 0.25) is 0 Å². The highest BCUT2D eigenvalue weighted by molar-refractivity contribution is 6.36. The number of aromatic amines is 1. The number of nitrogens with one attached hydrogen (secondary N) is 1. The predicted octanol–water partition coefficient (Wildman–Crippen LogP) is 2.07. The molecule has 0 spiro atoms. The fourth-order valence-electron chi connectivity index (χ4n) is 1.23. The summed E-state index contributed by atoms with van der Waals surface area (Å²) in [4.78, 5) is 11.0. The Labute approximate surface area is 85.6 Å². The van der Waals surface area contributed by atoms with Gasteiger partial charge in [0.2, 0.25) is 5.91 Å². The van der Waals surface area contributed by atoms with Gasteiger partial charge in [0.1, 0.15) is 0 Å². The smallest absolute Gasteiger partial charge is 0.238 e. The molecular weight excluding hydrogens is 202 g/mol. The second-order valence-corrected chi connectivity index (χ2v) is 3.28. The van der Waals surface area contributed by atoms with Crippen LogP contribution in [-0.4, -0.2) is 16.1 Å². The monoisotopic (exact) mass is 209 g/mol. The minimum Gasteiger partial charge on any atom is -0.278 e. The number of fused-ring (bicyclic) bond motifs is 1. The van der Waals surface area contributed by atoms with Gasteiger partial charge in [0.05, 0.1) is 17.4 Å². The number of hydrogen-bond donors (Lipinski definition) is 1. The minimum atomic E-state index is -0.213. The van der Waals surface area contributed by atoms with E-state index in [9.17, 15) is 4.79 Å². The van der Waals surface area contributed by atoms with Crippen molar-refractivity contribution in [3.8, 4) is 0 Å². The lowest BCUT2D eigenvalue weighted by atomic mass is 10.2. The number of anilines is 1. The fraction of sp³-hybridized carbons (Fsp3) is 0.111. The summed E-state index contributed by atoms with van der Waals surface area (Å²) in [5.74, 6) is -0.213. The van der Waals surface area contributed by atoms with E-state index in [1.165, 1.54) is 6.92 Å². The maximum atomic E-state index is 11.0. The summed E-state index contributed by atoms with van der Waals surface area (Å²) < 4.78 is 1.08. The third-order valence-corrected chi connectivity index (χ3v) is 2.36. The third kappa shape index (κ3) is 1.44. The number of nitrogens with zero attached hydrogens (tertiary/aromatic N) is 2. The van der Waals surface area contributed by atoms with Crippen LogP contribution in [0.4, 0.5) is 5.69 Å². The van der Waals surface area contributed by atoms with E-state index in [-0.39, 0.29) is 5.91 Å². The molecule has 4 nitrogen and oxygen atoms in total. The van der Waals surface area contributed by atoms with Crippen molar-refractivity contribution in [2.75, 3.05) is 4.42 Å². The topological polar surface area (TPSA) is 49.0 Å². The molecule has 0 aliphatic carbocycles. The summed E-state index contributed by atoms with van der Waals surface area (Å²) in [5, 5.41) is 7.62. The van der Waals surface area contributed by atoms with Gasteiger partial charge in [-0.1, -0.05) is 0 Å². The fourth-order valence-corrected chi connectivity index (χ4v) is 1.34. The van der Waals surface area contributed by atoms with Crippen molar-refractivity contribution < 1.29 is 4.79 Å². The number of benzene rings is 1. The van der Waals surface area contributed by atoms with Gasteiger partial charge in [-0.2, -0.15) is 5.10 Å². The molecule has 1 aromatic heterocycles. The van der Waals surface area contributed by atoms with Crippen LogP contribution >= 0.6 is 11.8 Å². The van der Waals surface area contributed by atoms with Crippen molar-refractivity contribution >= 4 is 34.3 Å². The molecule has 0 aliphatic heterocycles. The van der Waals surface area contributed by atoms with Gasteiger partial charge in [0.15, 0.2) is 0 Å². The second kappa shape index (κ2) is 3.31. The van der Waals surface area contributed by atoms with E-state index in [0.29, 0.717) is 5.69 Å². The Morgan fingerprint density at radius 1 is 1.57 bits per heavy atom. The zero-order chi connectivity index (χ0) is 10.1. The molecule has 0 saturated carbocycles. The molecule has 1 heterocycles. The second-order valence-electron chi connectivity index (χ2n) is 2.94. The Balaban J connectivity index is 2.48. The highest BCUT2D eigenvalue weighted by Crippen LogP contribution is 2.21. The minimum absolute atomic E-state index is 0.213. The molecular formula is C9H8ClN3O. The highest BCUT2D eigenvalue weighted by Gasteiger charge is 2.08. The zero-order valence-electron chi connectivity index (χ0n) is 7.49. The van der Waals surface area contributed by atoms with E-state index in [2.05, 4.69) is 10.2 Å². The summed E-state index contributed by atoms with van der Waals surface area (Å²) >= 11 is 5.76. The Kier molecular flexibility index (Phi) is 2.13. The number of halogens is 1. The third-order valence-electron chi connectivity index (χ3n) is 1.93. The largest absolute Gasteiger partial charge is 0.278 e. The molecule has 5 heteroatoms. The lowest BCUT2D eigenvalue weighted by molar-refractivity contribution is -0.115. The van der Waals surface area contributed by atoms with Crippen LogP contribution in [0.5, 0.6) is 0 Å². The van der Waals surface area contributed by atoms with Crippen molar-refractivity contribution in [2.45, 2.75) is 6.92 Å². The quantitative estimate of drug-likeness (QED) is 0.731. The maximum Gasteiger partial charge on any atom is 0.238 e. The Hall–Kier alpha value is -1.55. The summed E-state index contributed by atoms with van der Waals surface area (Å²) in [6, 6.07) is 5.39. The first-order chi connectivity index (χ1) is 6.68. The van der Waals surface area contributed by atoms with Gasteiger partial charge in [0, 0.05) is 24.1 Å². The van der Waals surface area contributed by atoms with Crippen LogP contribution in [-0.2, 0) is 4.79 Å². The average Bonchev–Trinajstić information content (AvgIpc) is 2.62. The number of H-pyrrole nitrogens is 1. The molecule has 14 heavy (non-hydrogen) atoms. The first-order valence-corrected chi connectivity index (χ1v) is 4.42. The first-order valence-electron chi connectivity index (χ1n) is 4.08. The maximum absolute atomic E-state index is 11.0. The van der Waals surface area contributed by atoms with E-state index >= 15 is 0 Å². The molecule has 0 unspecified atom stereocenters. The Morgan fingerprint density at radius 3 is 3.07 bits per heavy atom. The van der Waals surface area contributed by atoms with Gasteiger partial charge >= 0.3 is 0 Å². The number of rotatable bonds is 1. The predicted molar refractivity (Wildman–Crippen MR) is 55.1 cm³/mol. The molecule has 0 atom stereocenters. The number of aromatic nitrogens is 2. The van der Waals surface area contributed by atoms with Crippen LogP contribution in [0.1, 0.15) is 6.92 Å². The molecule has 1 amide bonds. The van der Waals surface area contributed by atoms with Crippen LogP contribution in [0, 0.1) is 0 Å². The van der Waals surface area contributed by atoms with Gasteiger partial charge in [-0.25, -0.2) is 4.42 Å². The van der Waals surface area contributed by atoms with Gasteiger partial charge in [-0.3, -0.25) is 9.89 Å². The van der Waals surface area contributed by atoms with Gasteiger partial charge in [-0.05, 0) is 18.2 Å². The van der Waals surface area contributed by atoms with Crippen molar-refractivity contribution in [2.24, 2.45) is 0 Å². The zero-order valence-corrected chi connectivity index (χ0v) is 8.25. The van der Waals surface area contributed by atoms with Gasteiger partial charge < -0.3 is 0 Å². The normalized spacial score (nSPS) is 10.4. The first kappa shape index (κ1) is 9.02. The van der Waals surface area contributed by atoms with E-state index in [4.69, 9.17) is 11.8 Å². The lowest BCUT2D eigenvalue weighted by Gasteiger charge is -2.10.